The Morgan fingerprint density at radius 1 is 1.19 bits per heavy atom. The molecular formula is C12H16BrN3. The number of hydrogen-bond donors (Lipinski definition) is 0. The smallest absolute Gasteiger partial charge is 0.225 e. The summed E-state index contributed by atoms with van der Waals surface area (Å²) in [6.07, 6.45) is 9.27. The van der Waals surface area contributed by atoms with Crippen molar-refractivity contribution in [1.29, 1.82) is 0 Å². The highest BCUT2D eigenvalue weighted by Crippen LogP contribution is 2.36. The highest BCUT2D eigenvalue weighted by atomic mass is 79.9. The van der Waals surface area contributed by atoms with Crippen molar-refractivity contribution in [3.05, 3.63) is 18.0 Å². The van der Waals surface area contributed by atoms with Crippen molar-refractivity contribution in [2.75, 3.05) is 11.4 Å². The van der Waals surface area contributed by atoms with Crippen LogP contribution in [0.25, 0.3) is 0 Å². The second-order valence-corrected chi connectivity index (χ2v) is 5.41. The number of nitrogens with zero attached hydrogens (tertiary/aromatic N) is 3. The van der Waals surface area contributed by atoms with Crippen molar-refractivity contribution in [3.63, 3.8) is 0 Å². The van der Waals surface area contributed by atoms with Gasteiger partial charge in [-0.3, -0.25) is 0 Å². The Kier molecular flexibility index (Phi) is 2.84. The van der Waals surface area contributed by atoms with Crippen molar-refractivity contribution >= 4 is 21.9 Å². The average molecular weight is 282 g/mol. The van der Waals surface area contributed by atoms with Crippen LogP contribution in [-0.2, 0) is 5.33 Å². The van der Waals surface area contributed by atoms with Gasteiger partial charge >= 0.3 is 0 Å². The summed E-state index contributed by atoms with van der Waals surface area (Å²) >= 11 is 3.42. The number of halogens is 1. The summed E-state index contributed by atoms with van der Waals surface area (Å²) in [4.78, 5) is 11.4. The maximum atomic E-state index is 4.48. The predicted octanol–water partition coefficient (Wildman–Crippen LogP) is 2.75. The Balaban J connectivity index is 1.74. The minimum Gasteiger partial charge on any atom is -0.338 e. The number of hydrogen-bond acceptors (Lipinski definition) is 3. The van der Waals surface area contributed by atoms with E-state index in [2.05, 4.69) is 30.8 Å². The molecule has 1 heterocycles. The van der Waals surface area contributed by atoms with Gasteiger partial charge in [-0.1, -0.05) is 15.9 Å². The minimum absolute atomic E-state index is 0.718. The van der Waals surface area contributed by atoms with Crippen LogP contribution in [0.2, 0.25) is 0 Å². The summed E-state index contributed by atoms with van der Waals surface area (Å²) in [5.41, 5.74) is 1.14. The molecule has 2 aliphatic rings. The molecule has 0 radical (unpaired) electrons. The molecule has 0 aromatic carbocycles. The van der Waals surface area contributed by atoms with Crippen molar-refractivity contribution < 1.29 is 0 Å². The van der Waals surface area contributed by atoms with Gasteiger partial charge in [-0.25, -0.2) is 9.97 Å². The molecule has 3 rings (SSSR count). The molecule has 3 nitrogen and oxygen atoms in total. The van der Waals surface area contributed by atoms with Gasteiger partial charge in [-0.15, -0.1) is 0 Å². The Morgan fingerprint density at radius 3 is 2.38 bits per heavy atom. The first-order chi connectivity index (χ1) is 7.86. The highest BCUT2D eigenvalue weighted by molar-refractivity contribution is 9.08. The molecule has 0 atom stereocenters. The predicted molar refractivity (Wildman–Crippen MR) is 67.8 cm³/mol. The van der Waals surface area contributed by atoms with E-state index in [9.17, 15) is 0 Å². The van der Waals surface area contributed by atoms with Crippen LogP contribution in [0.4, 0.5) is 5.95 Å². The fourth-order valence-electron chi connectivity index (χ4n) is 1.92. The third-order valence-electron chi connectivity index (χ3n) is 3.24. The lowest BCUT2D eigenvalue weighted by atomic mass is 10.3. The first-order valence-electron chi connectivity index (χ1n) is 6.00. The summed E-state index contributed by atoms with van der Waals surface area (Å²) < 4.78 is 0. The number of anilines is 1. The highest BCUT2D eigenvalue weighted by Gasteiger charge is 2.34. The van der Waals surface area contributed by atoms with Gasteiger partial charge in [-0.2, -0.15) is 0 Å². The molecule has 0 amide bonds. The van der Waals surface area contributed by atoms with E-state index in [1.807, 2.05) is 12.4 Å². The number of aromatic nitrogens is 2. The van der Waals surface area contributed by atoms with E-state index < -0.39 is 0 Å². The molecule has 0 saturated heterocycles. The van der Waals surface area contributed by atoms with Crippen LogP contribution in [0.5, 0.6) is 0 Å². The van der Waals surface area contributed by atoms with E-state index in [0.717, 1.165) is 28.8 Å². The number of rotatable bonds is 5. The van der Waals surface area contributed by atoms with Crippen LogP contribution >= 0.6 is 15.9 Å². The van der Waals surface area contributed by atoms with Crippen molar-refractivity contribution in [2.45, 2.75) is 37.1 Å². The van der Waals surface area contributed by atoms with Crippen molar-refractivity contribution in [2.24, 2.45) is 5.92 Å². The molecule has 4 heteroatoms. The third-order valence-corrected chi connectivity index (χ3v) is 3.89. The molecule has 0 bridgehead atoms. The van der Waals surface area contributed by atoms with E-state index in [4.69, 9.17) is 0 Å². The third kappa shape index (κ3) is 2.37. The molecule has 0 aliphatic heterocycles. The zero-order valence-corrected chi connectivity index (χ0v) is 10.9. The van der Waals surface area contributed by atoms with E-state index >= 15 is 0 Å². The summed E-state index contributed by atoms with van der Waals surface area (Å²) in [5, 5.41) is 0.833. The lowest BCUT2D eigenvalue weighted by Crippen LogP contribution is -2.29. The van der Waals surface area contributed by atoms with Crippen molar-refractivity contribution in [1.82, 2.24) is 9.97 Å². The largest absolute Gasteiger partial charge is 0.338 e. The zero-order chi connectivity index (χ0) is 11.0. The molecule has 2 saturated carbocycles. The molecule has 1 aromatic heterocycles. The summed E-state index contributed by atoms with van der Waals surface area (Å²) in [7, 11) is 0. The Labute approximate surface area is 104 Å². The topological polar surface area (TPSA) is 29.0 Å². The van der Waals surface area contributed by atoms with Crippen LogP contribution in [0.15, 0.2) is 12.4 Å². The van der Waals surface area contributed by atoms with Gasteiger partial charge in [-0.05, 0) is 37.2 Å². The molecule has 0 N–H and O–H groups in total. The van der Waals surface area contributed by atoms with Crippen LogP contribution in [0.1, 0.15) is 31.2 Å². The molecule has 2 fully saturated rings. The fraction of sp³-hybridized carbons (Fsp3) is 0.667. The molecular weight excluding hydrogens is 266 g/mol. The Hall–Kier alpha value is -0.640. The van der Waals surface area contributed by atoms with E-state index in [0.29, 0.717) is 0 Å². The van der Waals surface area contributed by atoms with Crippen LogP contribution in [0.3, 0.4) is 0 Å². The van der Waals surface area contributed by atoms with Crippen LogP contribution in [0, 0.1) is 5.92 Å². The molecule has 0 unspecified atom stereocenters. The quantitative estimate of drug-likeness (QED) is 0.778. The Bertz CT molecular complexity index is 357. The summed E-state index contributed by atoms with van der Waals surface area (Å²) in [5.74, 6) is 1.83. The molecule has 1 aromatic rings. The van der Waals surface area contributed by atoms with E-state index in [1.165, 1.54) is 32.2 Å². The SMILES string of the molecule is BrCc1cnc(N(CC2CC2)C2CC2)nc1. The first-order valence-corrected chi connectivity index (χ1v) is 7.12. The average Bonchev–Trinajstić information content (AvgIpc) is 3.16. The van der Waals surface area contributed by atoms with E-state index in [-0.39, 0.29) is 0 Å². The lowest BCUT2D eigenvalue weighted by Gasteiger charge is -2.21. The monoisotopic (exact) mass is 281 g/mol. The standard InChI is InChI=1S/C12H16BrN3/c13-5-10-6-14-12(15-7-10)16(11-3-4-11)8-9-1-2-9/h6-7,9,11H,1-5,8H2. The summed E-state index contributed by atoms with van der Waals surface area (Å²) in [6.45, 7) is 1.17. The second-order valence-electron chi connectivity index (χ2n) is 4.85. The maximum absolute atomic E-state index is 4.48. The van der Waals surface area contributed by atoms with Crippen LogP contribution < -0.4 is 4.90 Å². The van der Waals surface area contributed by atoms with E-state index in [1.54, 1.807) is 0 Å². The molecule has 86 valence electrons. The summed E-state index contributed by atoms with van der Waals surface area (Å²) in [6, 6.07) is 0.718. The Morgan fingerprint density at radius 2 is 1.88 bits per heavy atom. The normalized spacial score (nSPS) is 19.8. The fourth-order valence-corrected chi connectivity index (χ4v) is 2.21. The van der Waals surface area contributed by atoms with Gasteiger partial charge in [0.2, 0.25) is 5.95 Å². The van der Waals surface area contributed by atoms with Gasteiger partial charge in [0.15, 0.2) is 0 Å². The second kappa shape index (κ2) is 4.32. The molecule has 16 heavy (non-hydrogen) atoms. The minimum atomic E-state index is 0.718. The van der Waals surface area contributed by atoms with Gasteiger partial charge in [0.05, 0.1) is 0 Å². The van der Waals surface area contributed by atoms with Crippen LogP contribution in [-0.4, -0.2) is 22.6 Å². The lowest BCUT2D eigenvalue weighted by molar-refractivity contribution is 0.696. The van der Waals surface area contributed by atoms with Gasteiger partial charge in [0, 0.05) is 30.3 Å². The number of alkyl halides is 1. The first kappa shape index (κ1) is 10.5. The molecule has 0 spiro atoms. The maximum Gasteiger partial charge on any atom is 0.225 e. The zero-order valence-electron chi connectivity index (χ0n) is 9.27. The van der Waals surface area contributed by atoms with Gasteiger partial charge in [0.25, 0.3) is 0 Å². The molecule has 2 aliphatic carbocycles. The van der Waals surface area contributed by atoms with Gasteiger partial charge in [0.1, 0.15) is 0 Å². The van der Waals surface area contributed by atoms with Gasteiger partial charge < -0.3 is 4.90 Å². The van der Waals surface area contributed by atoms with Crippen molar-refractivity contribution in [3.8, 4) is 0 Å².